The van der Waals surface area contributed by atoms with E-state index >= 15 is 0 Å². The van der Waals surface area contributed by atoms with E-state index < -0.39 is 0 Å². The zero-order chi connectivity index (χ0) is 17.9. The monoisotopic (exact) mass is 398 g/mol. The molecule has 0 aromatic carbocycles. The summed E-state index contributed by atoms with van der Waals surface area (Å²) >= 11 is 8.40. The molecule has 0 aliphatic heterocycles. The molecule has 0 bridgehead atoms. The van der Waals surface area contributed by atoms with Gasteiger partial charge in [0.15, 0.2) is 11.1 Å². The second-order valence-electron chi connectivity index (χ2n) is 5.04. The first-order chi connectivity index (χ1) is 12.1. The molecule has 0 amide bonds. The fourth-order valence-corrected chi connectivity index (χ4v) is 3.77. The number of hydrogen-bond acceptors (Lipinski definition) is 6. The van der Waals surface area contributed by atoms with Gasteiger partial charge >= 0.3 is 0 Å². The number of aromatic nitrogens is 3. The van der Waals surface area contributed by atoms with Crippen LogP contribution in [0, 0.1) is 0 Å². The number of thiocarbonyl (C=S) groups is 1. The average Bonchev–Trinajstić information content (AvgIpc) is 3.27. The van der Waals surface area contributed by atoms with E-state index in [4.69, 9.17) is 23.7 Å². The van der Waals surface area contributed by atoms with Gasteiger partial charge in [0.2, 0.25) is 0 Å². The lowest BCUT2D eigenvalue weighted by Crippen LogP contribution is -2.37. The maximum absolute atomic E-state index is 5.49. The molecule has 0 aliphatic rings. The van der Waals surface area contributed by atoms with Crippen molar-refractivity contribution in [1.82, 2.24) is 25.6 Å². The van der Waals surface area contributed by atoms with Gasteiger partial charge in [0.25, 0.3) is 0 Å². The highest BCUT2D eigenvalue weighted by atomic mass is 32.2. The number of thioether (sulfide) groups is 1. The van der Waals surface area contributed by atoms with E-state index in [-0.39, 0.29) is 11.3 Å². The number of guanidine groups is 1. The van der Waals surface area contributed by atoms with Gasteiger partial charge in [-0.05, 0) is 25.1 Å². The fraction of sp³-hybridized carbons (Fsp3) is 0.429. The number of hydrogen-bond donors (Lipinski definition) is 5. The summed E-state index contributed by atoms with van der Waals surface area (Å²) in [5.74, 6) is 0.862. The quantitative estimate of drug-likeness (QED) is 0.173. The summed E-state index contributed by atoms with van der Waals surface area (Å²) in [6.07, 6.45) is 5.48. The summed E-state index contributed by atoms with van der Waals surface area (Å²) in [7, 11) is 0. The molecule has 2 rings (SSSR count). The highest BCUT2D eigenvalue weighted by Gasteiger charge is 2.12. The molecule has 1 unspecified atom stereocenters. The third-order valence-corrected chi connectivity index (χ3v) is 5.08. The largest absolute Gasteiger partial charge is 0.370 e. The summed E-state index contributed by atoms with van der Waals surface area (Å²) in [6.45, 7) is 1.53. The number of aryl methyl sites for hydroxylation is 1. The van der Waals surface area contributed by atoms with Crippen molar-refractivity contribution >= 4 is 46.4 Å². The van der Waals surface area contributed by atoms with Crippen molar-refractivity contribution in [3.8, 4) is 0 Å². The lowest BCUT2D eigenvalue weighted by atomic mass is 10.2. The Bertz CT molecular complexity index is 637. The molecule has 2 aromatic rings. The SMILES string of the molecule is NC(N)=NC(SCCNC(=S)NCCCc1c[nH]cn1)c1cscn1. The zero-order valence-corrected chi connectivity index (χ0v) is 16.1. The summed E-state index contributed by atoms with van der Waals surface area (Å²) in [4.78, 5) is 15.6. The minimum atomic E-state index is -0.187. The molecule has 8 nitrogen and oxygen atoms in total. The Labute approximate surface area is 160 Å². The van der Waals surface area contributed by atoms with Crippen LogP contribution >= 0.6 is 35.3 Å². The van der Waals surface area contributed by atoms with Gasteiger partial charge in [0, 0.05) is 30.4 Å². The van der Waals surface area contributed by atoms with E-state index in [2.05, 4.69) is 30.6 Å². The van der Waals surface area contributed by atoms with E-state index in [1.54, 1.807) is 23.6 Å². The zero-order valence-electron chi connectivity index (χ0n) is 13.6. The van der Waals surface area contributed by atoms with Gasteiger partial charge in [-0.2, -0.15) is 0 Å². The summed E-state index contributed by atoms with van der Waals surface area (Å²) in [5.41, 5.74) is 14.7. The van der Waals surface area contributed by atoms with E-state index in [1.807, 2.05) is 11.6 Å². The van der Waals surface area contributed by atoms with Crippen LogP contribution in [0.15, 0.2) is 28.4 Å². The predicted octanol–water partition coefficient (Wildman–Crippen LogP) is 0.968. The van der Waals surface area contributed by atoms with Crippen LogP contribution in [-0.2, 0) is 6.42 Å². The number of nitrogens with one attached hydrogen (secondary N) is 3. The molecule has 7 N–H and O–H groups in total. The Hall–Kier alpha value is -1.85. The number of rotatable bonds is 10. The van der Waals surface area contributed by atoms with Gasteiger partial charge in [-0.15, -0.1) is 23.1 Å². The number of H-pyrrole nitrogens is 1. The number of nitrogens with two attached hydrogens (primary N) is 2. The molecule has 136 valence electrons. The van der Waals surface area contributed by atoms with Crippen molar-refractivity contribution in [3.05, 3.63) is 34.8 Å². The molecule has 0 aliphatic carbocycles. The van der Waals surface area contributed by atoms with Crippen LogP contribution in [0.5, 0.6) is 0 Å². The molecule has 0 radical (unpaired) electrons. The first kappa shape index (κ1) is 19.5. The van der Waals surface area contributed by atoms with E-state index in [9.17, 15) is 0 Å². The normalized spacial score (nSPS) is 11.7. The molecule has 11 heteroatoms. The number of aromatic amines is 1. The Morgan fingerprint density at radius 3 is 2.88 bits per heavy atom. The van der Waals surface area contributed by atoms with E-state index in [0.29, 0.717) is 5.11 Å². The van der Waals surface area contributed by atoms with Gasteiger partial charge < -0.3 is 27.1 Å². The highest BCUT2D eigenvalue weighted by molar-refractivity contribution is 7.99. The standard InChI is InChI=1S/C14H22N8S3/c15-13(16)22-12(11-7-24-9-21-11)25-5-4-19-14(23)18-3-1-2-10-6-17-8-20-10/h6-9,12H,1-5H2,(H,17,20)(H4,15,16,22)(H2,18,19,23). The van der Waals surface area contributed by atoms with Crippen LogP contribution in [0.3, 0.4) is 0 Å². The minimum absolute atomic E-state index is 0.0626. The van der Waals surface area contributed by atoms with Gasteiger partial charge in [0.05, 0.1) is 23.2 Å². The van der Waals surface area contributed by atoms with Crippen molar-refractivity contribution in [2.24, 2.45) is 16.5 Å². The fourth-order valence-electron chi connectivity index (χ4n) is 1.96. The van der Waals surface area contributed by atoms with Gasteiger partial charge in [-0.25, -0.2) is 15.0 Å². The molecule has 1 atom stereocenters. The number of nitrogens with zero attached hydrogens (tertiary/aromatic N) is 3. The van der Waals surface area contributed by atoms with Gasteiger partial charge in [-0.3, -0.25) is 0 Å². The van der Waals surface area contributed by atoms with Crippen LogP contribution in [0.4, 0.5) is 0 Å². The van der Waals surface area contributed by atoms with Crippen molar-refractivity contribution in [2.75, 3.05) is 18.8 Å². The predicted molar refractivity (Wildman–Crippen MR) is 109 cm³/mol. The Kier molecular flexibility index (Phi) is 8.49. The first-order valence-electron chi connectivity index (χ1n) is 7.73. The second-order valence-corrected chi connectivity index (χ2v) is 7.35. The smallest absolute Gasteiger partial charge is 0.187 e. The average molecular weight is 399 g/mol. The maximum Gasteiger partial charge on any atom is 0.187 e. The van der Waals surface area contributed by atoms with Crippen molar-refractivity contribution < 1.29 is 0 Å². The lowest BCUT2D eigenvalue weighted by Gasteiger charge is -2.12. The molecule has 25 heavy (non-hydrogen) atoms. The third-order valence-electron chi connectivity index (χ3n) is 3.08. The molecule has 2 heterocycles. The molecule has 0 saturated carbocycles. The lowest BCUT2D eigenvalue weighted by molar-refractivity contribution is 0.750. The maximum atomic E-state index is 5.49. The Morgan fingerprint density at radius 2 is 2.20 bits per heavy atom. The third kappa shape index (κ3) is 7.71. The van der Waals surface area contributed by atoms with Crippen molar-refractivity contribution in [1.29, 1.82) is 0 Å². The van der Waals surface area contributed by atoms with Crippen LogP contribution in [0.1, 0.15) is 23.2 Å². The number of imidazole rings is 1. The van der Waals surface area contributed by atoms with Crippen molar-refractivity contribution in [2.45, 2.75) is 18.2 Å². The van der Waals surface area contributed by atoms with Crippen LogP contribution in [0.25, 0.3) is 0 Å². The van der Waals surface area contributed by atoms with Crippen LogP contribution < -0.4 is 22.1 Å². The minimum Gasteiger partial charge on any atom is -0.370 e. The van der Waals surface area contributed by atoms with Crippen LogP contribution in [-0.4, -0.2) is 44.9 Å². The van der Waals surface area contributed by atoms with E-state index in [0.717, 1.165) is 43.1 Å². The Morgan fingerprint density at radius 1 is 1.36 bits per heavy atom. The van der Waals surface area contributed by atoms with Crippen LogP contribution in [0.2, 0.25) is 0 Å². The molecule has 0 saturated heterocycles. The Balaban J connectivity index is 1.59. The van der Waals surface area contributed by atoms with Gasteiger partial charge in [-0.1, -0.05) is 0 Å². The topological polar surface area (TPSA) is 130 Å². The summed E-state index contributed by atoms with van der Waals surface area (Å²) in [5, 5.41) is 8.78. The number of thiazole rings is 1. The van der Waals surface area contributed by atoms with Crippen molar-refractivity contribution in [3.63, 3.8) is 0 Å². The molecule has 0 fully saturated rings. The highest BCUT2D eigenvalue weighted by Crippen LogP contribution is 2.29. The first-order valence-corrected chi connectivity index (χ1v) is 10.1. The summed E-state index contributed by atoms with van der Waals surface area (Å²) < 4.78 is 0. The molecular weight excluding hydrogens is 376 g/mol. The summed E-state index contributed by atoms with van der Waals surface area (Å²) in [6, 6.07) is 0. The number of aliphatic imine (C=N–C) groups is 1. The molecule has 2 aromatic heterocycles. The second kappa shape index (κ2) is 10.9. The molecular formula is C14H22N8S3. The van der Waals surface area contributed by atoms with E-state index in [1.165, 1.54) is 11.3 Å². The molecule has 0 spiro atoms. The van der Waals surface area contributed by atoms with Gasteiger partial charge in [0.1, 0.15) is 5.37 Å².